The Morgan fingerprint density at radius 1 is 1.29 bits per heavy atom. The number of carbonyl (C=O) groups excluding carboxylic acids is 1. The van der Waals surface area contributed by atoms with E-state index in [9.17, 15) is 18.8 Å². The van der Waals surface area contributed by atoms with Gasteiger partial charge in [-0.05, 0) is 31.5 Å². The molecule has 2 N–H and O–H groups in total. The Morgan fingerprint density at radius 3 is 2.61 bits per heavy atom. The van der Waals surface area contributed by atoms with E-state index in [0.29, 0.717) is 5.56 Å². The number of hydrogen-bond donors (Lipinski definition) is 1. The number of nitrogens with zero attached hydrogens (tertiary/aromatic N) is 2. The highest BCUT2D eigenvalue weighted by atomic mass is 35.5. The molecule has 0 aliphatic carbocycles. The molecule has 0 saturated heterocycles. The number of rotatable bonds is 4. The van der Waals surface area contributed by atoms with E-state index in [1.165, 1.54) is 12.1 Å². The van der Waals surface area contributed by atoms with Gasteiger partial charge in [-0.15, -0.1) is 0 Å². The van der Waals surface area contributed by atoms with E-state index >= 15 is 0 Å². The van der Waals surface area contributed by atoms with Crippen molar-refractivity contribution in [3.63, 3.8) is 0 Å². The summed E-state index contributed by atoms with van der Waals surface area (Å²) in [5, 5.41) is 8.89. The van der Waals surface area contributed by atoms with Crippen molar-refractivity contribution in [3.05, 3.63) is 79.9 Å². The average Bonchev–Trinajstić information content (AvgIpc) is 2.70. The third-order valence-electron chi connectivity index (χ3n) is 4.51. The number of nitrogens with two attached hydrogens (primary N) is 1. The van der Waals surface area contributed by atoms with Crippen LogP contribution in [0.5, 0.6) is 0 Å². The molecule has 0 fully saturated rings. The molecule has 1 atom stereocenters. The monoisotopic (exact) mass is 465 g/mol. The Morgan fingerprint density at radius 2 is 2.00 bits per heavy atom. The summed E-state index contributed by atoms with van der Waals surface area (Å²) < 4.78 is 39.7. The highest BCUT2D eigenvalue weighted by Gasteiger charge is 2.40. The van der Waals surface area contributed by atoms with E-state index in [4.69, 9.17) is 38.4 Å². The van der Waals surface area contributed by atoms with Gasteiger partial charge in [0.25, 0.3) is 0 Å². The summed E-state index contributed by atoms with van der Waals surface area (Å²) >= 11 is 11.8. The summed E-state index contributed by atoms with van der Waals surface area (Å²) in [5.74, 6) is -4.54. The van der Waals surface area contributed by atoms with Gasteiger partial charge in [-0.25, -0.2) is 18.6 Å². The second-order valence-electron chi connectivity index (χ2n) is 6.51. The molecule has 10 heteroatoms. The molecule has 0 unspecified atom stereocenters. The maximum atomic E-state index is 14.9. The lowest BCUT2D eigenvalue weighted by Gasteiger charge is -2.28. The Hall–Kier alpha value is -3.15. The highest BCUT2D eigenvalue weighted by molar-refractivity contribution is 6.33. The van der Waals surface area contributed by atoms with Crippen LogP contribution in [-0.2, 0) is 14.3 Å². The van der Waals surface area contributed by atoms with Crippen LogP contribution < -0.4 is 5.73 Å². The van der Waals surface area contributed by atoms with Gasteiger partial charge < -0.3 is 15.2 Å². The summed E-state index contributed by atoms with van der Waals surface area (Å²) in [6, 6.07) is 7.03. The largest absolute Gasteiger partial charge is 0.463 e. The van der Waals surface area contributed by atoms with Gasteiger partial charge in [0, 0.05) is 5.56 Å². The zero-order valence-corrected chi connectivity index (χ0v) is 17.8. The molecule has 0 saturated carbocycles. The van der Waals surface area contributed by atoms with Crippen LogP contribution in [0.25, 0.3) is 5.76 Å². The number of esters is 1. The first-order valence-electron chi connectivity index (χ1n) is 8.96. The van der Waals surface area contributed by atoms with Crippen LogP contribution in [0.2, 0.25) is 10.3 Å². The number of carbonyl (C=O) groups is 1. The molecule has 3 rings (SSSR count). The lowest BCUT2D eigenvalue weighted by atomic mass is 9.81. The van der Waals surface area contributed by atoms with Gasteiger partial charge in [0.05, 0.1) is 23.7 Å². The molecule has 0 amide bonds. The molecule has 160 valence electrons. The molecule has 1 aliphatic heterocycles. The number of benzene rings is 1. The van der Waals surface area contributed by atoms with Gasteiger partial charge in [0.1, 0.15) is 22.6 Å². The van der Waals surface area contributed by atoms with E-state index in [1.807, 2.05) is 6.07 Å². The first-order valence-corrected chi connectivity index (χ1v) is 9.72. The summed E-state index contributed by atoms with van der Waals surface area (Å²) in [4.78, 5) is 16.6. The molecule has 6 nitrogen and oxygen atoms in total. The van der Waals surface area contributed by atoms with E-state index in [1.54, 1.807) is 19.9 Å². The molecule has 31 heavy (non-hydrogen) atoms. The molecule has 0 bridgehead atoms. The lowest BCUT2D eigenvalue weighted by Crippen LogP contribution is -2.26. The van der Waals surface area contributed by atoms with Gasteiger partial charge >= 0.3 is 5.97 Å². The minimum absolute atomic E-state index is 0.0209. The molecule has 0 spiro atoms. The van der Waals surface area contributed by atoms with E-state index in [0.717, 1.165) is 6.07 Å². The average molecular weight is 466 g/mol. The predicted octanol–water partition coefficient (Wildman–Crippen LogP) is 4.76. The highest BCUT2D eigenvalue weighted by Crippen LogP contribution is 2.45. The van der Waals surface area contributed by atoms with Gasteiger partial charge in [0.2, 0.25) is 5.88 Å². The van der Waals surface area contributed by atoms with Gasteiger partial charge in [-0.3, -0.25) is 0 Å². The second-order valence-corrected chi connectivity index (χ2v) is 7.23. The minimum Gasteiger partial charge on any atom is -0.463 e. The van der Waals surface area contributed by atoms with Crippen molar-refractivity contribution in [3.8, 4) is 6.07 Å². The third kappa shape index (κ3) is 4.20. The summed E-state index contributed by atoms with van der Waals surface area (Å²) in [6.07, 6.45) is 0. The molecule has 1 aromatic heterocycles. The fourth-order valence-corrected chi connectivity index (χ4v) is 3.57. The summed E-state index contributed by atoms with van der Waals surface area (Å²) in [5.41, 5.74) is 5.87. The maximum Gasteiger partial charge on any atom is 0.338 e. The van der Waals surface area contributed by atoms with Crippen molar-refractivity contribution in [2.75, 3.05) is 6.61 Å². The topological polar surface area (TPSA) is 98.2 Å². The first kappa shape index (κ1) is 22.5. The van der Waals surface area contributed by atoms with Crippen LogP contribution in [0.1, 0.15) is 29.5 Å². The van der Waals surface area contributed by atoms with Crippen molar-refractivity contribution < 1.29 is 23.0 Å². The molecular weight excluding hydrogens is 451 g/mol. The summed E-state index contributed by atoms with van der Waals surface area (Å²) in [7, 11) is 0. The van der Waals surface area contributed by atoms with Crippen molar-refractivity contribution in [1.29, 1.82) is 5.26 Å². The molecular formula is C21H15Cl2F2N3O3. The predicted molar refractivity (Wildman–Crippen MR) is 110 cm³/mol. The van der Waals surface area contributed by atoms with Crippen molar-refractivity contribution in [2.45, 2.75) is 19.8 Å². The quantitative estimate of drug-likeness (QED) is 0.516. The fraction of sp³-hybridized carbons (Fsp3) is 0.190. The van der Waals surface area contributed by atoms with Crippen molar-refractivity contribution in [1.82, 2.24) is 4.98 Å². The van der Waals surface area contributed by atoms with E-state index in [2.05, 4.69) is 4.98 Å². The van der Waals surface area contributed by atoms with Crippen LogP contribution in [0.15, 0.2) is 41.3 Å². The van der Waals surface area contributed by atoms with Crippen molar-refractivity contribution in [2.24, 2.45) is 5.73 Å². The zero-order chi connectivity index (χ0) is 22.9. The second kappa shape index (κ2) is 8.92. The summed E-state index contributed by atoms with van der Waals surface area (Å²) in [6.45, 7) is 3.22. The number of ether oxygens (including phenoxy) is 2. The van der Waals surface area contributed by atoms with Gasteiger partial charge in [-0.2, -0.15) is 5.26 Å². The molecule has 1 aromatic carbocycles. The smallest absolute Gasteiger partial charge is 0.338 e. The number of halogens is 4. The zero-order valence-electron chi connectivity index (χ0n) is 16.3. The van der Waals surface area contributed by atoms with Crippen LogP contribution in [-0.4, -0.2) is 17.6 Å². The Kier molecular flexibility index (Phi) is 6.48. The number of pyridine rings is 1. The molecule has 2 heterocycles. The number of hydrogen-bond acceptors (Lipinski definition) is 6. The van der Waals surface area contributed by atoms with Crippen LogP contribution in [0.4, 0.5) is 8.78 Å². The Labute approximate surface area is 186 Å². The number of aryl methyl sites for hydroxylation is 1. The van der Waals surface area contributed by atoms with Crippen LogP contribution in [0.3, 0.4) is 0 Å². The SMILES string of the molecule is CCOC(=O)C1=C(c2cc(F)c(Cl)nc2Cl)OC(N)=C(C#N)[C@@H]1c1ccc(C)cc1F. The number of aromatic nitrogens is 1. The maximum absolute atomic E-state index is 14.9. The first-order chi connectivity index (χ1) is 14.7. The van der Waals surface area contributed by atoms with Crippen LogP contribution in [0, 0.1) is 29.9 Å². The third-order valence-corrected chi connectivity index (χ3v) is 5.07. The molecule has 1 aliphatic rings. The number of nitriles is 1. The van der Waals surface area contributed by atoms with E-state index < -0.39 is 34.6 Å². The Balaban J connectivity index is 2.38. The van der Waals surface area contributed by atoms with Gasteiger partial charge in [0.15, 0.2) is 16.7 Å². The minimum atomic E-state index is -1.29. The van der Waals surface area contributed by atoms with Crippen LogP contribution >= 0.6 is 23.2 Å². The standard InChI is InChI=1S/C21H15Cl2F2N3O3/c1-3-30-21(29)16-15(10-5-4-9(2)6-13(10)24)12(8-26)20(27)31-17(16)11-7-14(25)19(23)28-18(11)22/h4-7,15H,3,27H2,1-2H3/t15-/m0/s1. The van der Waals surface area contributed by atoms with E-state index in [-0.39, 0.29) is 39.8 Å². The fourth-order valence-electron chi connectivity index (χ4n) is 3.16. The molecule has 0 radical (unpaired) electrons. The molecule has 2 aromatic rings. The lowest BCUT2D eigenvalue weighted by molar-refractivity contribution is -0.138. The normalized spacial score (nSPS) is 16.1. The van der Waals surface area contributed by atoms with Crippen molar-refractivity contribution >= 4 is 34.9 Å². The number of allylic oxidation sites excluding steroid dienone is 1. The van der Waals surface area contributed by atoms with Gasteiger partial charge in [-0.1, -0.05) is 35.3 Å². The Bertz CT molecular complexity index is 1190.